The van der Waals surface area contributed by atoms with Crippen LogP contribution in [0.25, 0.3) is 0 Å². The van der Waals surface area contributed by atoms with Crippen molar-refractivity contribution < 1.29 is 4.74 Å². The van der Waals surface area contributed by atoms with Gasteiger partial charge in [0.15, 0.2) is 0 Å². The molecule has 0 amide bonds. The van der Waals surface area contributed by atoms with Gasteiger partial charge in [0.05, 0.1) is 10.8 Å². The highest BCUT2D eigenvalue weighted by atomic mass is 16.5. The molecular weight excluding hydrogens is 641 g/mol. The summed E-state index contributed by atoms with van der Waals surface area (Å²) in [5.41, 5.74) is 7.60. The second-order valence-electron chi connectivity index (χ2n) is 13.5. The lowest BCUT2D eigenvalue weighted by Crippen LogP contribution is -2.43. The van der Waals surface area contributed by atoms with Crippen molar-refractivity contribution >= 4 is 0 Å². The van der Waals surface area contributed by atoms with Crippen LogP contribution in [0.3, 0.4) is 0 Å². The van der Waals surface area contributed by atoms with Crippen molar-refractivity contribution in [1.29, 1.82) is 0 Å². The van der Waals surface area contributed by atoms with E-state index in [1.807, 2.05) is 0 Å². The molecule has 0 radical (unpaired) electrons. The van der Waals surface area contributed by atoms with Gasteiger partial charge in [0.2, 0.25) is 0 Å². The maximum absolute atomic E-state index is 8.28. The Bertz CT molecular complexity index is 1910. The number of ether oxygens (including phenoxy) is 1. The fourth-order valence-electron chi connectivity index (χ4n) is 8.37. The van der Waals surface area contributed by atoms with Crippen LogP contribution in [0, 0.1) is 0 Å². The molecule has 0 heterocycles. The summed E-state index contributed by atoms with van der Waals surface area (Å²) in [5, 5.41) is 0. The van der Waals surface area contributed by atoms with E-state index >= 15 is 0 Å². The first kappa shape index (κ1) is 33.8. The highest BCUT2D eigenvalue weighted by Gasteiger charge is 2.51. The molecule has 0 bridgehead atoms. The van der Waals surface area contributed by atoms with Crippen molar-refractivity contribution in [3.63, 3.8) is 0 Å². The van der Waals surface area contributed by atoms with Gasteiger partial charge in [-0.05, 0) is 44.5 Å². The molecule has 8 rings (SSSR count). The first-order chi connectivity index (χ1) is 26.3. The van der Waals surface area contributed by atoms with Gasteiger partial charge < -0.3 is 4.74 Å². The van der Waals surface area contributed by atoms with Gasteiger partial charge in [-0.25, -0.2) is 0 Å². The fourth-order valence-corrected chi connectivity index (χ4v) is 8.37. The Morgan fingerprint density at radius 1 is 0.226 bits per heavy atom. The third-order valence-electron chi connectivity index (χ3n) is 10.6. The summed E-state index contributed by atoms with van der Waals surface area (Å²) in [4.78, 5) is 0. The zero-order valence-electron chi connectivity index (χ0n) is 29.7. The van der Waals surface area contributed by atoms with Gasteiger partial charge in [0.1, 0.15) is 12.2 Å². The molecule has 0 aromatic heterocycles. The van der Waals surface area contributed by atoms with Crippen molar-refractivity contribution in [2.24, 2.45) is 0 Å². The smallest absolute Gasteiger partial charge is 0.101 e. The summed E-state index contributed by atoms with van der Waals surface area (Å²) in [6.07, 6.45) is -0.978. The Hall–Kier alpha value is -6.28. The standard InChI is InChI=1S/C52H42O/c1-9-25-41(26-10-1)49(51(43-29-13-3-14-30-43,44-31-15-4-16-32-44)45-33-17-5-18-34-45)53-50(42-27-11-2-12-28-42)52(46-35-19-6-20-36-46,47-37-21-7-22-38-47)48-39-23-8-24-40-48/h1-40,49-50H. The zero-order chi connectivity index (χ0) is 35.8. The van der Waals surface area contributed by atoms with Crippen molar-refractivity contribution in [3.05, 3.63) is 287 Å². The van der Waals surface area contributed by atoms with E-state index in [1.54, 1.807) is 0 Å². The molecule has 0 aliphatic heterocycles. The van der Waals surface area contributed by atoms with E-state index in [9.17, 15) is 0 Å². The lowest BCUT2D eigenvalue weighted by atomic mass is 9.62. The van der Waals surface area contributed by atoms with Crippen LogP contribution in [0.15, 0.2) is 243 Å². The Morgan fingerprint density at radius 3 is 0.585 bits per heavy atom. The summed E-state index contributed by atoms with van der Waals surface area (Å²) < 4.78 is 8.28. The first-order valence-corrected chi connectivity index (χ1v) is 18.4. The van der Waals surface area contributed by atoms with E-state index in [0.717, 1.165) is 44.5 Å². The molecule has 2 atom stereocenters. The summed E-state index contributed by atoms with van der Waals surface area (Å²) >= 11 is 0. The Balaban J connectivity index is 1.51. The minimum absolute atomic E-state index is 0.489. The second-order valence-corrected chi connectivity index (χ2v) is 13.5. The third kappa shape index (κ3) is 6.31. The van der Waals surface area contributed by atoms with Gasteiger partial charge in [-0.15, -0.1) is 0 Å². The van der Waals surface area contributed by atoms with E-state index in [0.29, 0.717) is 0 Å². The molecule has 0 fully saturated rings. The summed E-state index contributed by atoms with van der Waals surface area (Å²) in [7, 11) is 0. The van der Waals surface area contributed by atoms with E-state index in [4.69, 9.17) is 4.74 Å². The second kappa shape index (κ2) is 15.5. The predicted molar refractivity (Wildman–Crippen MR) is 218 cm³/mol. The highest BCUT2D eigenvalue weighted by Crippen LogP contribution is 2.57. The molecule has 0 aliphatic rings. The predicted octanol–water partition coefficient (Wildman–Crippen LogP) is 12.6. The molecule has 256 valence electrons. The molecule has 0 saturated carbocycles. The number of hydrogen-bond donors (Lipinski definition) is 0. The van der Waals surface area contributed by atoms with E-state index < -0.39 is 23.0 Å². The van der Waals surface area contributed by atoms with Crippen LogP contribution in [0.2, 0.25) is 0 Å². The molecule has 0 saturated heterocycles. The topological polar surface area (TPSA) is 9.23 Å². The fraction of sp³-hybridized carbons (Fsp3) is 0.0769. The Labute approximate surface area is 313 Å². The zero-order valence-corrected chi connectivity index (χ0v) is 29.7. The minimum Gasteiger partial charge on any atom is -0.362 e. The van der Waals surface area contributed by atoms with E-state index in [-0.39, 0.29) is 0 Å². The largest absolute Gasteiger partial charge is 0.362 e. The van der Waals surface area contributed by atoms with Crippen LogP contribution in [0.5, 0.6) is 0 Å². The molecule has 2 unspecified atom stereocenters. The first-order valence-electron chi connectivity index (χ1n) is 18.4. The van der Waals surface area contributed by atoms with Crippen molar-refractivity contribution in [3.8, 4) is 0 Å². The van der Waals surface area contributed by atoms with Gasteiger partial charge in [0, 0.05) is 0 Å². The molecule has 8 aromatic carbocycles. The van der Waals surface area contributed by atoms with Crippen molar-refractivity contribution in [2.75, 3.05) is 0 Å². The third-order valence-corrected chi connectivity index (χ3v) is 10.6. The van der Waals surface area contributed by atoms with Crippen LogP contribution in [0.4, 0.5) is 0 Å². The molecule has 53 heavy (non-hydrogen) atoms. The van der Waals surface area contributed by atoms with Crippen LogP contribution in [0.1, 0.15) is 56.7 Å². The Kier molecular flexibility index (Phi) is 9.92. The molecule has 0 spiro atoms. The molecule has 1 nitrogen and oxygen atoms in total. The quantitative estimate of drug-likeness (QED) is 0.117. The minimum atomic E-state index is -0.756. The van der Waals surface area contributed by atoms with Crippen LogP contribution < -0.4 is 0 Å². The summed E-state index contributed by atoms with van der Waals surface area (Å²) in [6.45, 7) is 0. The van der Waals surface area contributed by atoms with Crippen molar-refractivity contribution in [1.82, 2.24) is 0 Å². The molecule has 8 aromatic rings. The SMILES string of the molecule is c1ccc(C(OC(c2ccccc2)C(c2ccccc2)(c2ccccc2)c2ccccc2)C(c2ccccc2)(c2ccccc2)c2ccccc2)cc1. The maximum Gasteiger partial charge on any atom is 0.101 e. The van der Waals surface area contributed by atoms with Crippen molar-refractivity contribution in [2.45, 2.75) is 23.0 Å². The van der Waals surface area contributed by atoms with E-state index in [2.05, 4.69) is 243 Å². The van der Waals surface area contributed by atoms with Gasteiger partial charge in [-0.2, -0.15) is 0 Å². The van der Waals surface area contributed by atoms with Gasteiger partial charge in [-0.3, -0.25) is 0 Å². The van der Waals surface area contributed by atoms with Crippen LogP contribution in [-0.2, 0) is 15.6 Å². The normalized spacial score (nSPS) is 12.8. The molecule has 1 heteroatoms. The average molecular weight is 683 g/mol. The summed E-state index contributed by atoms with van der Waals surface area (Å²) in [6, 6.07) is 87.1. The molecule has 0 N–H and O–H groups in total. The van der Waals surface area contributed by atoms with Crippen LogP contribution in [-0.4, -0.2) is 0 Å². The highest BCUT2D eigenvalue weighted by molar-refractivity contribution is 5.56. The number of rotatable bonds is 12. The lowest BCUT2D eigenvalue weighted by Gasteiger charge is -2.49. The van der Waals surface area contributed by atoms with E-state index in [1.165, 1.54) is 0 Å². The molecular formula is C52H42O. The lowest BCUT2D eigenvalue weighted by molar-refractivity contribution is -0.0641. The van der Waals surface area contributed by atoms with Gasteiger partial charge in [0.25, 0.3) is 0 Å². The van der Waals surface area contributed by atoms with Gasteiger partial charge in [-0.1, -0.05) is 243 Å². The Morgan fingerprint density at radius 2 is 0.396 bits per heavy atom. The van der Waals surface area contributed by atoms with Crippen LogP contribution >= 0.6 is 0 Å². The number of benzene rings is 8. The monoisotopic (exact) mass is 682 g/mol. The van der Waals surface area contributed by atoms with Gasteiger partial charge >= 0.3 is 0 Å². The average Bonchev–Trinajstić information content (AvgIpc) is 3.26. The molecule has 0 aliphatic carbocycles. The number of hydrogen-bond acceptors (Lipinski definition) is 1. The maximum atomic E-state index is 8.28. The summed E-state index contributed by atoms with van der Waals surface area (Å²) in [5.74, 6) is 0.